The Morgan fingerprint density at radius 1 is 1.37 bits per heavy atom. The quantitative estimate of drug-likeness (QED) is 0.769. The fraction of sp³-hybridized carbons (Fsp3) is 0.462. The number of methoxy groups -OCH3 is 1. The molecule has 1 aromatic heterocycles. The summed E-state index contributed by atoms with van der Waals surface area (Å²) in [5.41, 5.74) is 1.95. The van der Waals surface area contributed by atoms with Gasteiger partial charge in [0.05, 0.1) is 19.2 Å². The number of aromatic nitrogens is 1. The molecule has 0 fully saturated rings. The van der Waals surface area contributed by atoms with Crippen molar-refractivity contribution >= 4 is 11.6 Å². The molecule has 6 nitrogen and oxygen atoms in total. The van der Waals surface area contributed by atoms with Gasteiger partial charge in [-0.2, -0.15) is 0 Å². The van der Waals surface area contributed by atoms with Crippen LogP contribution >= 0.6 is 0 Å². The van der Waals surface area contributed by atoms with Crippen LogP contribution in [0.1, 0.15) is 30.5 Å². The second-order valence-electron chi connectivity index (χ2n) is 4.64. The third-order valence-electron chi connectivity index (χ3n) is 3.40. The van der Waals surface area contributed by atoms with E-state index in [1.807, 2.05) is 0 Å². The monoisotopic (exact) mass is 263 g/mol. The Labute approximate surface area is 110 Å². The van der Waals surface area contributed by atoms with Crippen molar-refractivity contribution in [2.75, 3.05) is 13.7 Å². The average Bonchev–Trinajstić information content (AvgIpc) is 2.36. The molecular weight excluding hydrogens is 246 g/mol. The third kappa shape index (κ3) is 2.25. The topological polar surface area (TPSA) is 86.2 Å². The van der Waals surface area contributed by atoms with E-state index in [0.717, 1.165) is 11.1 Å². The molecule has 2 heterocycles. The van der Waals surface area contributed by atoms with Crippen LogP contribution in [-0.4, -0.2) is 35.2 Å². The van der Waals surface area contributed by atoms with Crippen molar-refractivity contribution in [2.45, 2.75) is 26.8 Å². The number of pyridine rings is 1. The molecule has 0 saturated heterocycles. The lowest BCUT2D eigenvalue weighted by molar-refractivity contribution is -0.129. The number of ether oxygens (including phenoxy) is 1. The molecule has 0 aliphatic carbocycles. The highest BCUT2D eigenvalue weighted by Gasteiger charge is 2.26. The summed E-state index contributed by atoms with van der Waals surface area (Å²) in [5, 5.41) is 7.74. The molecular formula is C13H17N3O3. The van der Waals surface area contributed by atoms with Crippen molar-refractivity contribution in [3.63, 3.8) is 0 Å². The normalized spacial score (nSPS) is 13.9. The minimum Gasteiger partial charge on any atom is -0.482 e. The van der Waals surface area contributed by atoms with Crippen LogP contribution in [-0.2, 0) is 17.8 Å². The van der Waals surface area contributed by atoms with E-state index in [-0.39, 0.29) is 17.2 Å². The number of nitrogens with one attached hydrogen (secondary N) is 2. The Morgan fingerprint density at radius 2 is 2.05 bits per heavy atom. The Bertz CT molecular complexity index is 604. The largest absolute Gasteiger partial charge is 0.482 e. The number of hydrogen-bond donors (Lipinski definition) is 2. The first-order valence-electron chi connectivity index (χ1n) is 6.08. The van der Waals surface area contributed by atoms with E-state index < -0.39 is 0 Å². The summed E-state index contributed by atoms with van der Waals surface area (Å²) >= 11 is 0. The van der Waals surface area contributed by atoms with Gasteiger partial charge in [0.1, 0.15) is 0 Å². The number of nitrogens with zero attached hydrogens (tertiary/aromatic N) is 1. The molecule has 0 saturated carbocycles. The van der Waals surface area contributed by atoms with Gasteiger partial charge in [-0.25, -0.2) is 0 Å². The van der Waals surface area contributed by atoms with Gasteiger partial charge < -0.3 is 15.0 Å². The zero-order chi connectivity index (χ0) is 14.2. The van der Waals surface area contributed by atoms with Gasteiger partial charge in [-0.15, -0.1) is 0 Å². The predicted octanol–water partition coefficient (Wildman–Crippen LogP) is 0.676. The van der Waals surface area contributed by atoms with Gasteiger partial charge in [0.15, 0.2) is 5.88 Å². The Kier molecular flexibility index (Phi) is 3.42. The minimum absolute atomic E-state index is 0.00738. The maximum absolute atomic E-state index is 12.0. The Morgan fingerprint density at radius 3 is 2.58 bits per heavy atom. The van der Waals surface area contributed by atoms with E-state index in [4.69, 9.17) is 10.1 Å². The van der Waals surface area contributed by atoms with Crippen LogP contribution in [0.3, 0.4) is 0 Å². The summed E-state index contributed by atoms with van der Waals surface area (Å²) < 4.78 is 5.19. The van der Waals surface area contributed by atoms with E-state index in [9.17, 15) is 9.59 Å². The van der Waals surface area contributed by atoms with Crippen LogP contribution in [0.15, 0.2) is 4.79 Å². The Balaban J connectivity index is 2.62. The molecule has 0 radical (unpaired) electrons. The number of aromatic amines is 1. The van der Waals surface area contributed by atoms with Crippen molar-refractivity contribution in [3.05, 3.63) is 27.0 Å². The van der Waals surface area contributed by atoms with Gasteiger partial charge in [-0.1, -0.05) is 0 Å². The van der Waals surface area contributed by atoms with Crippen LogP contribution in [0, 0.1) is 5.41 Å². The first-order valence-corrected chi connectivity index (χ1v) is 6.08. The molecule has 0 atom stereocenters. The number of rotatable bonds is 2. The number of H-pyrrole nitrogens is 1. The lowest BCUT2D eigenvalue weighted by atomic mass is 9.94. The van der Waals surface area contributed by atoms with Crippen LogP contribution in [0.25, 0.3) is 0 Å². The zero-order valence-electron chi connectivity index (χ0n) is 11.3. The number of carbonyl (C=O) groups is 1. The maximum Gasteiger partial charge on any atom is 0.260 e. The van der Waals surface area contributed by atoms with Crippen LogP contribution in [0.4, 0.5) is 0 Å². The zero-order valence-corrected chi connectivity index (χ0v) is 11.3. The van der Waals surface area contributed by atoms with Crippen molar-refractivity contribution in [2.24, 2.45) is 0 Å². The molecule has 2 rings (SSSR count). The highest BCUT2D eigenvalue weighted by atomic mass is 16.5. The Hall–Kier alpha value is -2.11. The summed E-state index contributed by atoms with van der Waals surface area (Å²) in [5.74, 6) is 0.378. The van der Waals surface area contributed by atoms with Gasteiger partial charge in [0.25, 0.3) is 5.56 Å². The van der Waals surface area contributed by atoms with Crippen LogP contribution in [0.5, 0.6) is 5.88 Å². The second-order valence-corrected chi connectivity index (χ2v) is 4.64. The smallest absolute Gasteiger partial charge is 0.260 e. The van der Waals surface area contributed by atoms with Gasteiger partial charge in [0.2, 0.25) is 5.91 Å². The number of hydrogen-bond acceptors (Lipinski definition) is 4. The fourth-order valence-electron chi connectivity index (χ4n) is 2.47. The van der Waals surface area contributed by atoms with E-state index >= 15 is 0 Å². The molecule has 19 heavy (non-hydrogen) atoms. The second kappa shape index (κ2) is 4.87. The van der Waals surface area contributed by atoms with Crippen molar-refractivity contribution in [1.82, 2.24) is 9.88 Å². The third-order valence-corrected chi connectivity index (χ3v) is 3.40. The molecule has 0 aromatic carbocycles. The molecule has 102 valence electrons. The highest BCUT2D eigenvalue weighted by Crippen LogP contribution is 2.27. The van der Waals surface area contributed by atoms with Gasteiger partial charge in [-0.3, -0.25) is 14.6 Å². The summed E-state index contributed by atoms with van der Waals surface area (Å²) in [7, 11) is 1.48. The first-order chi connectivity index (χ1) is 8.95. The van der Waals surface area contributed by atoms with Gasteiger partial charge in [-0.05, 0) is 18.9 Å². The summed E-state index contributed by atoms with van der Waals surface area (Å²) in [4.78, 5) is 27.8. The highest BCUT2D eigenvalue weighted by molar-refractivity contribution is 5.97. The molecule has 0 unspecified atom stereocenters. The average molecular weight is 263 g/mol. The first kappa shape index (κ1) is 13.3. The van der Waals surface area contributed by atoms with Crippen molar-refractivity contribution in [1.29, 1.82) is 5.41 Å². The number of fused-ring (bicyclic) bond motifs is 1. The van der Waals surface area contributed by atoms with E-state index in [2.05, 4.69) is 4.98 Å². The van der Waals surface area contributed by atoms with Gasteiger partial charge in [0, 0.05) is 24.7 Å². The molecule has 1 amide bonds. The van der Waals surface area contributed by atoms with E-state index in [0.29, 0.717) is 31.0 Å². The SMILES string of the molecule is COc1[nH]c(=O)c(C(C)=N)c2c1CN(C(C)=O)CC2. The van der Waals surface area contributed by atoms with Crippen molar-refractivity contribution in [3.8, 4) is 5.88 Å². The molecule has 6 heteroatoms. The van der Waals surface area contributed by atoms with Crippen molar-refractivity contribution < 1.29 is 9.53 Å². The fourth-order valence-corrected chi connectivity index (χ4v) is 2.47. The predicted molar refractivity (Wildman–Crippen MR) is 70.9 cm³/mol. The number of amides is 1. The maximum atomic E-state index is 12.0. The minimum atomic E-state index is -0.306. The lowest BCUT2D eigenvalue weighted by Gasteiger charge is -2.29. The molecule has 1 aromatic rings. The van der Waals surface area contributed by atoms with Crippen LogP contribution in [0.2, 0.25) is 0 Å². The lowest BCUT2D eigenvalue weighted by Crippen LogP contribution is -2.37. The standard InChI is InChI=1S/C13H17N3O3/c1-7(14)11-9-4-5-16(8(2)17)6-10(9)13(19-3)15-12(11)18/h14H,4-6H2,1-3H3,(H,15,18). The summed E-state index contributed by atoms with van der Waals surface area (Å²) in [6.07, 6.45) is 0.570. The number of carbonyl (C=O) groups excluding carboxylic acids is 1. The molecule has 1 aliphatic rings. The van der Waals surface area contributed by atoms with E-state index in [1.54, 1.807) is 11.8 Å². The van der Waals surface area contributed by atoms with E-state index in [1.165, 1.54) is 14.0 Å². The van der Waals surface area contributed by atoms with Gasteiger partial charge >= 0.3 is 0 Å². The molecule has 0 spiro atoms. The molecule has 0 bridgehead atoms. The molecule has 2 N–H and O–H groups in total. The van der Waals surface area contributed by atoms with Crippen LogP contribution < -0.4 is 10.3 Å². The molecule has 1 aliphatic heterocycles. The summed E-state index contributed by atoms with van der Waals surface area (Å²) in [6.45, 7) is 4.08. The summed E-state index contributed by atoms with van der Waals surface area (Å²) in [6, 6.07) is 0.